The minimum Gasteiger partial charge on any atom is -0.465 e. The summed E-state index contributed by atoms with van der Waals surface area (Å²) in [7, 11) is 1.37. The molecule has 6 nitrogen and oxygen atoms in total. The summed E-state index contributed by atoms with van der Waals surface area (Å²) >= 11 is 0. The number of hydrogen-bond acceptors (Lipinski definition) is 5. The first-order chi connectivity index (χ1) is 11.2. The molecule has 1 N–H and O–H groups in total. The van der Waals surface area contributed by atoms with E-state index in [2.05, 4.69) is 5.32 Å². The number of esters is 1. The highest BCUT2D eigenvalue weighted by Crippen LogP contribution is 2.21. The highest BCUT2D eigenvalue weighted by atomic mass is 16.6. The van der Waals surface area contributed by atoms with Gasteiger partial charge in [-0.2, -0.15) is 0 Å². The second kappa shape index (κ2) is 7.11. The lowest BCUT2D eigenvalue weighted by molar-refractivity contribution is 0.0293. The van der Waals surface area contributed by atoms with Crippen molar-refractivity contribution in [3.63, 3.8) is 0 Å². The number of hydrogen-bond donors (Lipinski definition) is 1. The number of amides is 1. The molecular weight excluding hydrogens is 308 g/mol. The molecule has 0 bridgehead atoms. The zero-order chi connectivity index (χ0) is 17.9. The number of nitrogens with one attached hydrogen (secondary N) is 1. The van der Waals surface area contributed by atoms with Crippen molar-refractivity contribution in [2.75, 3.05) is 25.5 Å². The average molecular weight is 334 g/mol. The van der Waals surface area contributed by atoms with Crippen LogP contribution in [0, 0.1) is 6.92 Å². The van der Waals surface area contributed by atoms with Crippen LogP contribution in [0.5, 0.6) is 0 Å². The zero-order valence-corrected chi connectivity index (χ0v) is 15.0. The highest BCUT2D eigenvalue weighted by Gasteiger charge is 2.29. The average Bonchev–Trinajstić information content (AvgIpc) is 2.95. The topological polar surface area (TPSA) is 67.9 Å². The van der Waals surface area contributed by atoms with Gasteiger partial charge in [-0.1, -0.05) is 6.07 Å². The number of benzene rings is 1. The van der Waals surface area contributed by atoms with Crippen molar-refractivity contribution in [1.29, 1.82) is 0 Å². The number of carbonyl (C=O) groups excluding carboxylic acids is 2. The van der Waals surface area contributed by atoms with Crippen LogP contribution in [0.25, 0.3) is 0 Å². The van der Waals surface area contributed by atoms with E-state index in [0.29, 0.717) is 18.7 Å². The molecule has 1 heterocycles. The molecule has 1 fully saturated rings. The van der Waals surface area contributed by atoms with E-state index in [1.54, 1.807) is 11.0 Å². The Labute approximate surface area is 143 Å². The number of likely N-dealkylation sites (tertiary alicyclic amines) is 1. The number of anilines is 1. The Morgan fingerprint density at radius 1 is 1.29 bits per heavy atom. The molecule has 6 heteroatoms. The molecule has 1 saturated heterocycles. The zero-order valence-electron chi connectivity index (χ0n) is 15.0. The largest absolute Gasteiger partial charge is 0.465 e. The predicted molar refractivity (Wildman–Crippen MR) is 92.4 cm³/mol. The minimum atomic E-state index is -0.491. The van der Waals surface area contributed by atoms with Crippen LogP contribution >= 0.6 is 0 Å². The first-order valence-corrected chi connectivity index (χ1v) is 8.13. The lowest BCUT2D eigenvalue weighted by Gasteiger charge is -2.24. The lowest BCUT2D eigenvalue weighted by atomic mass is 10.1. The first-order valence-electron chi connectivity index (χ1n) is 8.13. The fourth-order valence-electron chi connectivity index (χ4n) is 2.65. The monoisotopic (exact) mass is 334 g/mol. The smallest absolute Gasteiger partial charge is 0.410 e. The van der Waals surface area contributed by atoms with Crippen LogP contribution < -0.4 is 5.32 Å². The maximum Gasteiger partial charge on any atom is 0.410 e. The Kier molecular flexibility index (Phi) is 5.36. The van der Waals surface area contributed by atoms with Gasteiger partial charge in [0, 0.05) is 24.8 Å². The number of methoxy groups -OCH3 is 1. The minimum absolute atomic E-state index is 0.130. The summed E-state index contributed by atoms with van der Waals surface area (Å²) < 4.78 is 10.2. The van der Waals surface area contributed by atoms with Gasteiger partial charge in [0.2, 0.25) is 0 Å². The van der Waals surface area contributed by atoms with E-state index < -0.39 is 5.60 Å². The van der Waals surface area contributed by atoms with Gasteiger partial charge < -0.3 is 19.7 Å². The molecule has 1 aliphatic heterocycles. The van der Waals surface area contributed by atoms with Gasteiger partial charge in [0.15, 0.2) is 0 Å². The summed E-state index contributed by atoms with van der Waals surface area (Å²) in [6.07, 6.45) is 0.548. The van der Waals surface area contributed by atoms with Gasteiger partial charge in [0.25, 0.3) is 0 Å². The molecule has 24 heavy (non-hydrogen) atoms. The molecule has 0 aromatic heterocycles. The Balaban J connectivity index is 1.98. The van der Waals surface area contributed by atoms with Gasteiger partial charge in [-0.05, 0) is 51.8 Å². The van der Waals surface area contributed by atoms with Crippen molar-refractivity contribution in [2.24, 2.45) is 0 Å². The predicted octanol–water partition coefficient (Wildman–Crippen LogP) is 3.20. The molecule has 0 radical (unpaired) electrons. The first kappa shape index (κ1) is 18.1. The van der Waals surface area contributed by atoms with E-state index in [1.807, 2.05) is 39.8 Å². The number of carbonyl (C=O) groups is 2. The fraction of sp³-hybridized carbons (Fsp3) is 0.556. The molecule has 1 aliphatic rings. The fourth-order valence-corrected chi connectivity index (χ4v) is 2.65. The van der Waals surface area contributed by atoms with Crippen LogP contribution in [-0.2, 0) is 9.47 Å². The van der Waals surface area contributed by atoms with Gasteiger partial charge in [-0.15, -0.1) is 0 Å². The third-order valence-corrected chi connectivity index (χ3v) is 3.85. The quantitative estimate of drug-likeness (QED) is 0.860. The van der Waals surface area contributed by atoms with E-state index in [4.69, 9.17) is 9.47 Å². The number of rotatable bonds is 3. The van der Waals surface area contributed by atoms with E-state index in [0.717, 1.165) is 17.7 Å². The van der Waals surface area contributed by atoms with Gasteiger partial charge >= 0.3 is 12.1 Å². The Morgan fingerprint density at radius 2 is 2.00 bits per heavy atom. The molecular formula is C18H26N2O4. The molecule has 0 aliphatic carbocycles. The van der Waals surface area contributed by atoms with E-state index in [9.17, 15) is 9.59 Å². The Bertz CT molecular complexity index is 622. The van der Waals surface area contributed by atoms with Crippen molar-refractivity contribution in [1.82, 2.24) is 4.90 Å². The van der Waals surface area contributed by atoms with Crippen LogP contribution in [0.2, 0.25) is 0 Å². The molecule has 2 rings (SSSR count). The van der Waals surface area contributed by atoms with Crippen LogP contribution in [0.3, 0.4) is 0 Å². The molecule has 0 unspecified atom stereocenters. The van der Waals surface area contributed by atoms with Crippen molar-refractivity contribution in [3.05, 3.63) is 29.3 Å². The maximum atomic E-state index is 12.1. The summed E-state index contributed by atoms with van der Waals surface area (Å²) in [5, 5.41) is 3.38. The SMILES string of the molecule is COC(=O)c1cc(N[C@@H]2CCN(C(=O)OC(C)(C)C)C2)ccc1C. The van der Waals surface area contributed by atoms with Crippen LogP contribution in [0.4, 0.5) is 10.5 Å². The number of ether oxygens (including phenoxy) is 2. The third kappa shape index (κ3) is 4.63. The molecule has 1 amide bonds. The molecule has 0 spiro atoms. The van der Waals surface area contributed by atoms with Crippen molar-refractivity contribution >= 4 is 17.7 Å². The van der Waals surface area contributed by atoms with Gasteiger partial charge in [0.1, 0.15) is 5.60 Å². The summed E-state index contributed by atoms with van der Waals surface area (Å²) in [5.74, 6) is -0.349. The van der Waals surface area contributed by atoms with E-state index >= 15 is 0 Å². The van der Waals surface area contributed by atoms with Crippen LogP contribution in [-0.4, -0.2) is 48.8 Å². The van der Waals surface area contributed by atoms with Crippen molar-refractivity contribution in [3.8, 4) is 0 Å². The molecule has 0 saturated carbocycles. The molecule has 1 aromatic rings. The Hall–Kier alpha value is -2.24. The summed E-state index contributed by atoms with van der Waals surface area (Å²) in [5.41, 5.74) is 1.77. The van der Waals surface area contributed by atoms with Gasteiger partial charge in [-0.3, -0.25) is 0 Å². The maximum absolute atomic E-state index is 12.1. The van der Waals surface area contributed by atoms with Crippen molar-refractivity contribution < 1.29 is 19.1 Å². The number of aryl methyl sites for hydroxylation is 1. The number of nitrogens with zero attached hydrogens (tertiary/aromatic N) is 1. The van der Waals surface area contributed by atoms with E-state index in [1.165, 1.54) is 7.11 Å². The second-order valence-corrected chi connectivity index (χ2v) is 7.08. The normalized spacial score (nSPS) is 17.5. The van der Waals surface area contributed by atoms with E-state index in [-0.39, 0.29) is 18.1 Å². The van der Waals surface area contributed by atoms with Gasteiger partial charge in [-0.25, -0.2) is 9.59 Å². The molecule has 132 valence electrons. The standard InChI is InChI=1S/C18H26N2O4/c1-12-6-7-13(10-15(12)16(21)23-5)19-14-8-9-20(11-14)17(22)24-18(2,3)4/h6-7,10,14,19H,8-9,11H2,1-5H3/t14-/m1/s1. The van der Waals surface area contributed by atoms with Crippen LogP contribution in [0.15, 0.2) is 18.2 Å². The van der Waals surface area contributed by atoms with Crippen molar-refractivity contribution in [2.45, 2.75) is 45.8 Å². The summed E-state index contributed by atoms with van der Waals surface area (Å²) in [6.45, 7) is 8.68. The summed E-state index contributed by atoms with van der Waals surface area (Å²) in [4.78, 5) is 25.6. The van der Waals surface area contributed by atoms with Crippen LogP contribution in [0.1, 0.15) is 43.1 Å². The highest BCUT2D eigenvalue weighted by molar-refractivity contribution is 5.92. The second-order valence-electron chi connectivity index (χ2n) is 7.08. The molecule has 1 aromatic carbocycles. The molecule has 1 atom stereocenters. The lowest BCUT2D eigenvalue weighted by Crippen LogP contribution is -2.36. The third-order valence-electron chi connectivity index (χ3n) is 3.85. The summed E-state index contributed by atoms with van der Waals surface area (Å²) in [6, 6.07) is 5.73. The Morgan fingerprint density at radius 3 is 2.62 bits per heavy atom. The van der Waals surface area contributed by atoms with Gasteiger partial charge in [0.05, 0.1) is 12.7 Å².